The Labute approximate surface area is 281 Å². The summed E-state index contributed by atoms with van der Waals surface area (Å²) in [5.74, 6) is 0. The van der Waals surface area contributed by atoms with Gasteiger partial charge in [-0.15, -0.1) is 0 Å². The van der Waals surface area contributed by atoms with E-state index in [1.807, 2.05) is 36.4 Å². The van der Waals surface area contributed by atoms with Crippen LogP contribution in [0.25, 0.3) is 0 Å². The molecule has 0 radical (unpaired) electrons. The van der Waals surface area contributed by atoms with Crippen LogP contribution in [-0.2, 0) is 9.16 Å². The first-order valence-corrected chi connectivity index (χ1v) is 19.8. The molecule has 0 aliphatic rings. The summed E-state index contributed by atoms with van der Waals surface area (Å²) in [5.41, 5.74) is -0.702. The van der Waals surface area contributed by atoms with E-state index in [9.17, 15) is 15.0 Å². The van der Waals surface area contributed by atoms with Gasteiger partial charge in [-0.1, -0.05) is 165 Å². The maximum Gasteiger partial charge on any atom is 0.408 e. The molecule has 0 heterocycles. The van der Waals surface area contributed by atoms with Gasteiger partial charge in [0, 0.05) is 0 Å². The highest BCUT2D eigenvalue weighted by Gasteiger charge is 2.50. The highest BCUT2D eigenvalue weighted by Crippen LogP contribution is 2.37. The monoisotopic (exact) mass is 655 g/mol. The van der Waals surface area contributed by atoms with Crippen molar-refractivity contribution in [2.24, 2.45) is 0 Å². The molecule has 0 aromatic heterocycles. The second-order valence-corrected chi connectivity index (χ2v) is 19.3. The van der Waals surface area contributed by atoms with E-state index in [-0.39, 0.29) is 11.6 Å². The molecule has 3 N–H and O–H groups in total. The summed E-state index contributed by atoms with van der Waals surface area (Å²) in [6.07, 6.45) is 12.4. The molecule has 0 aliphatic heterocycles. The molecule has 46 heavy (non-hydrogen) atoms. The van der Waals surface area contributed by atoms with Crippen LogP contribution in [0.2, 0.25) is 5.04 Å². The molecule has 0 spiro atoms. The second kappa shape index (κ2) is 20.2. The second-order valence-electron chi connectivity index (χ2n) is 15.0. The summed E-state index contributed by atoms with van der Waals surface area (Å²) in [5, 5.41) is 27.4. The van der Waals surface area contributed by atoms with Crippen molar-refractivity contribution in [3.05, 3.63) is 60.7 Å². The molecule has 260 valence electrons. The average molecular weight is 656 g/mol. The molecule has 2 rings (SSSR count). The Hall–Kier alpha value is -2.19. The van der Waals surface area contributed by atoms with Gasteiger partial charge < -0.3 is 24.7 Å². The number of nitrogens with one attached hydrogen (secondary N) is 1. The average Bonchev–Trinajstić information content (AvgIpc) is 3.00. The van der Waals surface area contributed by atoms with E-state index in [2.05, 4.69) is 57.3 Å². The Balaban J connectivity index is 2.10. The third kappa shape index (κ3) is 13.5. The Kier molecular flexibility index (Phi) is 17.6. The van der Waals surface area contributed by atoms with E-state index in [4.69, 9.17) is 9.16 Å². The van der Waals surface area contributed by atoms with E-state index < -0.39 is 38.3 Å². The van der Waals surface area contributed by atoms with E-state index in [0.717, 1.165) is 29.6 Å². The van der Waals surface area contributed by atoms with Crippen LogP contribution in [0, 0.1) is 0 Å². The lowest BCUT2D eigenvalue weighted by Crippen LogP contribution is -2.68. The van der Waals surface area contributed by atoms with Gasteiger partial charge in [0.25, 0.3) is 8.32 Å². The number of carbonyl (C=O) groups is 1. The minimum atomic E-state index is -2.93. The summed E-state index contributed by atoms with van der Waals surface area (Å²) >= 11 is 0. The molecule has 0 bridgehead atoms. The zero-order valence-corrected chi connectivity index (χ0v) is 31.0. The largest absolute Gasteiger partial charge is 0.444 e. The molecule has 0 fully saturated rings. The highest BCUT2D eigenvalue weighted by molar-refractivity contribution is 6.99. The van der Waals surface area contributed by atoms with Gasteiger partial charge in [-0.05, 0) is 42.6 Å². The van der Waals surface area contributed by atoms with Crippen molar-refractivity contribution in [3.8, 4) is 0 Å². The van der Waals surface area contributed by atoms with Gasteiger partial charge in [0.05, 0.1) is 18.8 Å². The van der Waals surface area contributed by atoms with Crippen LogP contribution in [0.1, 0.15) is 132 Å². The Morgan fingerprint density at radius 3 is 1.57 bits per heavy atom. The maximum atomic E-state index is 13.0. The third-order valence-electron chi connectivity index (χ3n) is 8.76. The standard InChI is InChI=1S/C39H65NO5Si/c1-8-9-10-11-12-13-14-15-16-17-18-25-30-35(41)36(42)34(40-37(43)45-38(2,3)4)31-44-46(39(5,6)7,32-26-21-19-22-27-32)33-28-23-20-24-29-33/h19-24,26-29,34-36,41-42H,8-18,25,30-31H2,1-7H3,(H,40,43)/t34-,35+,36-/m0/s1. The van der Waals surface area contributed by atoms with Crippen LogP contribution in [0.15, 0.2) is 60.7 Å². The van der Waals surface area contributed by atoms with Gasteiger partial charge in [-0.3, -0.25) is 0 Å². The summed E-state index contributed by atoms with van der Waals surface area (Å²) < 4.78 is 12.6. The highest BCUT2D eigenvalue weighted by atomic mass is 28.4. The normalized spacial score (nSPS) is 14.5. The molecule has 0 saturated heterocycles. The van der Waals surface area contributed by atoms with E-state index in [0.29, 0.717) is 6.42 Å². The minimum absolute atomic E-state index is 0.0309. The van der Waals surface area contributed by atoms with Crippen LogP contribution < -0.4 is 15.7 Å². The first-order valence-electron chi connectivity index (χ1n) is 17.9. The SMILES string of the molecule is CCCCCCCCCCCCCC[C@@H](O)[C@@H](O)[C@H](CO[Si](c1ccccc1)(c1ccccc1)C(C)(C)C)NC(=O)OC(C)(C)C. The van der Waals surface area contributed by atoms with Crippen LogP contribution in [0.3, 0.4) is 0 Å². The topological polar surface area (TPSA) is 88.0 Å². The van der Waals surface area contributed by atoms with Crippen LogP contribution in [0.4, 0.5) is 4.79 Å². The zero-order valence-electron chi connectivity index (χ0n) is 30.0. The number of alkyl carbamates (subject to hydrolysis) is 1. The number of aliphatic hydroxyl groups is 2. The van der Waals surface area contributed by atoms with Gasteiger partial charge in [0.15, 0.2) is 0 Å². The smallest absolute Gasteiger partial charge is 0.408 e. The maximum absolute atomic E-state index is 13.0. The molecule has 0 saturated carbocycles. The minimum Gasteiger partial charge on any atom is -0.444 e. The third-order valence-corrected chi connectivity index (χ3v) is 13.8. The predicted molar refractivity (Wildman–Crippen MR) is 194 cm³/mol. The first kappa shape index (κ1) is 40.0. The van der Waals surface area contributed by atoms with Gasteiger partial charge in [-0.25, -0.2) is 4.79 Å². The van der Waals surface area contributed by atoms with Crippen molar-refractivity contribution < 1.29 is 24.2 Å². The molecule has 0 aliphatic carbocycles. The van der Waals surface area contributed by atoms with Crippen molar-refractivity contribution in [3.63, 3.8) is 0 Å². The summed E-state index contributed by atoms with van der Waals surface area (Å²) in [6.45, 7) is 14.3. The number of benzene rings is 2. The molecule has 2 aromatic carbocycles. The lowest BCUT2D eigenvalue weighted by Gasteiger charge is -2.44. The van der Waals surface area contributed by atoms with Crippen LogP contribution in [-0.4, -0.2) is 55.1 Å². The number of hydrogen-bond acceptors (Lipinski definition) is 5. The Morgan fingerprint density at radius 2 is 1.15 bits per heavy atom. The Morgan fingerprint density at radius 1 is 0.717 bits per heavy atom. The fourth-order valence-corrected chi connectivity index (χ4v) is 10.9. The molecule has 0 unspecified atom stereocenters. The number of amides is 1. The predicted octanol–water partition coefficient (Wildman–Crippen LogP) is 8.27. The molecule has 2 aromatic rings. The molecular formula is C39H65NO5Si. The number of aliphatic hydroxyl groups excluding tert-OH is 2. The summed E-state index contributed by atoms with van der Waals surface area (Å²) in [7, 11) is -2.93. The van der Waals surface area contributed by atoms with Gasteiger partial charge in [-0.2, -0.15) is 0 Å². The molecular weight excluding hydrogens is 591 g/mol. The fourth-order valence-electron chi connectivity index (χ4n) is 6.29. The van der Waals surface area contributed by atoms with Gasteiger partial charge >= 0.3 is 6.09 Å². The van der Waals surface area contributed by atoms with Crippen LogP contribution >= 0.6 is 0 Å². The van der Waals surface area contributed by atoms with E-state index >= 15 is 0 Å². The zero-order chi connectivity index (χ0) is 34.1. The molecule has 1 amide bonds. The van der Waals surface area contributed by atoms with Crippen molar-refractivity contribution in [2.45, 2.75) is 161 Å². The van der Waals surface area contributed by atoms with Gasteiger partial charge in [0.1, 0.15) is 11.7 Å². The number of rotatable bonds is 21. The molecule has 7 heteroatoms. The summed E-state index contributed by atoms with van der Waals surface area (Å²) in [4.78, 5) is 13.0. The Bertz CT molecular complexity index is 1040. The van der Waals surface area contributed by atoms with Crippen molar-refractivity contribution in [1.29, 1.82) is 0 Å². The lowest BCUT2D eigenvalue weighted by molar-refractivity contribution is -0.0233. The van der Waals surface area contributed by atoms with Gasteiger partial charge in [0.2, 0.25) is 0 Å². The van der Waals surface area contributed by atoms with Crippen LogP contribution in [0.5, 0.6) is 0 Å². The van der Waals surface area contributed by atoms with Crippen molar-refractivity contribution in [1.82, 2.24) is 5.32 Å². The van der Waals surface area contributed by atoms with E-state index in [1.165, 1.54) is 57.8 Å². The molecule has 6 nitrogen and oxygen atoms in total. The summed E-state index contributed by atoms with van der Waals surface area (Å²) in [6, 6.07) is 19.7. The lowest BCUT2D eigenvalue weighted by atomic mass is 9.99. The van der Waals surface area contributed by atoms with Crippen molar-refractivity contribution in [2.75, 3.05) is 6.61 Å². The molecule has 3 atom stereocenters. The fraction of sp³-hybridized carbons (Fsp3) is 0.667. The van der Waals surface area contributed by atoms with Crippen molar-refractivity contribution >= 4 is 24.8 Å². The number of ether oxygens (including phenoxy) is 1. The number of unbranched alkanes of at least 4 members (excludes halogenated alkanes) is 11. The number of hydrogen-bond donors (Lipinski definition) is 3. The quantitative estimate of drug-likeness (QED) is 0.0931. The van der Waals surface area contributed by atoms with E-state index in [1.54, 1.807) is 20.8 Å². The first-order chi connectivity index (χ1) is 21.8. The number of carbonyl (C=O) groups excluding carboxylic acids is 1.